The number of likely N-dealkylation sites (tertiary alicyclic amines) is 1. The Morgan fingerprint density at radius 2 is 1.83 bits per heavy atom. The number of hydrogen-bond acceptors (Lipinski definition) is 5. The zero-order valence-electron chi connectivity index (χ0n) is 17.7. The number of ether oxygens (including phenoxy) is 2. The molecule has 1 aliphatic rings. The smallest absolute Gasteiger partial charge is 0.226 e. The van der Waals surface area contributed by atoms with Crippen LogP contribution in [0.1, 0.15) is 48.8 Å². The Balaban J connectivity index is 1.63. The lowest BCUT2D eigenvalue weighted by atomic mass is 9.95. The number of nitrogens with zero attached hydrogens (tertiary/aromatic N) is 3. The van der Waals surface area contributed by atoms with E-state index in [4.69, 9.17) is 9.47 Å². The lowest BCUT2D eigenvalue weighted by molar-refractivity contribution is -0.131. The van der Waals surface area contributed by atoms with Crippen molar-refractivity contribution < 1.29 is 19.4 Å². The molecule has 0 unspecified atom stereocenters. The summed E-state index contributed by atoms with van der Waals surface area (Å²) in [4.78, 5) is 19.4. The first-order valence-electron chi connectivity index (χ1n) is 10.1. The van der Waals surface area contributed by atoms with Gasteiger partial charge in [0.2, 0.25) is 5.91 Å². The molecule has 1 atom stereocenters. The normalized spacial score (nSPS) is 16.0. The molecule has 0 radical (unpaired) electrons. The van der Waals surface area contributed by atoms with Crippen LogP contribution in [-0.4, -0.2) is 59.4 Å². The molecule has 0 spiro atoms. The van der Waals surface area contributed by atoms with E-state index in [1.54, 1.807) is 20.3 Å². The number of benzene rings is 1. The van der Waals surface area contributed by atoms with Crippen molar-refractivity contribution in [3.8, 4) is 11.5 Å². The van der Waals surface area contributed by atoms with E-state index in [2.05, 4.69) is 9.55 Å². The van der Waals surface area contributed by atoms with Crippen LogP contribution in [0.2, 0.25) is 0 Å². The van der Waals surface area contributed by atoms with Crippen LogP contribution < -0.4 is 9.47 Å². The van der Waals surface area contributed by atoms with Gasteiger partial charge in [0, 0.05) is 37.0 Å². The van der Waals surface area contributed by atoms with Gasteiger partial charge in [0.25, 0.3) is 0 Å². The first-order valence-corrected chi connectivity index (χ1v) is 10.1. The van der Waals surface area contributed by atoms with E-state index in [0.29, 0.717) is 36.9 Å². The van der Waals surface area contributed by atoms with Crippen LogP contribution in [0.4, 0.5) is 0 Å². The maximum absolute atomic E-state index is 12.8. The van der Waals surface area contributed by atoms with E-state index < -0.39 is 0 Å². The molecule has 7 nitrogen and oxygen atoms in total. The van der Waals surface area contributed by atoms with Gasteiger partial charge in [-0.3, -0.25) is 4.79 Å². The molecule has 29 heavy (non-hydrogen) atoms. The molecule has 7 heteroatoms. The summed E-state index contributed by atoms with van der Waals surface area (Å²) in [7, 11) is 3.21. The van der Waals surface area contributed by atoms with E-state index in [0.717, 1.165) is 29.9 Å². The quantitative estimate of drug-likeness (QED) is 0.772. The van der Waals surface area contributed by atoms with Gasteiger partial charge in [0.05, 0.1) is 33.3 Å². The standard InChI is InChI=1S/C22H31N3O4/c1-15-13-23-22(25(15)16(2)14-26)18-5-7-24(8-6-18)21(27)11-17-9-19(28-3)12-20(10-17)29-4/h9-10,12-13,16,18,26H,5-8,11,14H2,1-4H3/t16-/m1/s1. The van der Waals surface area contributed by atoms with Crippen LogP contribution in [0.3, 0.4) is 0 Å². The highest BCUT2D eigenvalue weighted by Gasteiger charge is 2.28. The third kappa shape index (κ3) is 4.72. The molecule has 2 heterocycles. The second kappa shape index (κ2) is 9.31. The molecule has 0 saturated carbocycles. The molecular formula is C22H31N3O4. The molecule has 0 aliphatic carbocycles. The Morgan fingerprint density at radius 3 is 2.38 bits per heavy atom. The molecule has 1 saturated heterocycles. The summed E-state index contributed by atoms with van der Waals surface area (Å²) in [5.74, 6) is 2.81. The lowest BCUT2D eigenvalue weighted by Crippen LogP contribution is -2.39. The van der Waals surface area contributed by atoms with Crippen molar-refractivity contribution in [2.75, 3.05) is 33.9 Å². The number of aliphatic hydroxyl groups excluding tert-OH is 1. The van der Waals surface area contributed by atoms with Crippen molar-refractivity contribution in [2.45, 2.75) is 45.1 Å². The number of imidazole rings is 1. The number of methoxy groups -OCH3 is 2. The van der Waals surface area contributed by atoms with Crippen LogP contribution in [0, 0.1) is 6.92 Å². The molecule has 1 fully saturated rings. The molecule has 1 amide bonds. The summed E-state index contributed by atoms with van der Waals surface area (Å²) < 4.78 is 12.7. The summed E-state index contributed by atoms with van der Waals surface area (Å²) in [5.41, 5.74) is 1.95. The van der Waals surface area contributed by atoms with Crippen LogP contribution in [0.5, 0.6) is 11.5 Å². The average Bonchev–Trinajstić information content (AvgIpc) is 3.14. The number of piperidine rings is 1. The number of hydrogen-bond donors (Lipinski definition) is 1. The summed E-state index contributed by atoms with van der Waals surface area (Å²) in [6.45, 7) is 5.53. The summed E-state index contributed by atoms with van der Waals surface area (Å²) >= 11 is 0. The number of carbonyl (C=O) groups is 1. The first-order chi connectivity index (χ1) is 14.0. The third-order valence-corrected chi connectivity index (χ3v) is 5.69. The second-order valence-corrected chi connectivity index (χ2v) is 7.71. The fraction of sp³-hybridized carbons (Fsp3) is 0.545. The Morgan fingerprint density at radius 1 is 1.21 bits per heavy atom. The van der Waals surface area contributed by atoms with E-state index in [-0.39, 0.29) is 18.6 Å². The van der Waals surface area contributed by atoms with Crippen molar-refractivity contribution in [2.24, 2.45) is 0 Å². The average molecular weight is 402 g/mol. The Labute approximate surface area is 172 Å². The SMILES string of the molecule is COc1cc(CC(=O)N2CCC(c3ncc(C)n3[C@H](C)CO)CC2)cc(OC)c1. The van der Waals surface area contributed by atoms with Crippen molar-refractivity contribution in [3.05, 3.63) is 41.5 Å². The maximum atomic E-state index is 12.8. The highest BCUT2D eigenvalue weighted by molar-refractivity contribution is 5.79. The molecule has 3 rings (SSSR count). The van der Waals surface area contributed by atoms with Crippen LogP contribution in [0.25, 0.3) is 0 Å². The van der Waals surface area contributed by atoms with Crippen LogP contribution in [0.15, 0.2) is 24.4 Å². The summed E-state index contributed by atoms with van der Waals surface area (Å²) in [6, 6.07) is 5.57. The van der Waals surface area contributed by atoms with Crippen molar-refractivity contribution in [3.63, 3.8) is 0 Å². The molecule has 158 valence electrons. The molecule has 0 bridgehead atoms. The fourth-order valence-corrected chi connectivity index (χ4v) is 4.06. The molecule has 2 aromatic rings. The lowest BCUT2D eigenvalue weighted by Gasteiger charge is -2.33. The van der Waals surface area contributed by atoms with Gasteiger partial charge in [-0.15, -0.1) is 0 Å². The Hall–Kier alpha value is -2.54. The largest absolute Gasteiger partial charge is 0.497 e. The van der Waals surface area contributed by atoms with Gasteiger partial charge < -0.3 is 24.0 Å². The van der Waals surface area contributed by atoms with E-state index in [1.165, 1.54) is 0 Å². The maximum Gasteiger partial charge on any atom is 0.226 e. The molecular weight excluding hydrogens is 370 g/mol. The van der Waals surface area contributed by atoms with Crippen molar-refractivity contribution in [1.29, 1.82) is 0 Å². The number of rotatable bonds is 7. The number of carbonyl (C=O) groups excluding carboxylic acids is 1. The van der Waals surface area contributed by atoms with Crippen molar-refractivity contribution >= 4 is 5.91 Å². The zero-order chi connectivity index (χ0) is 21.0. The highest BCUT2D eigenvalue weighted by atomic mass is 16.5. The zero-order valence-corrected chi connectivity index (χ0v) is 17.7. The number of aliphatic hydroxyl groups is 1. The second-order valence-electron chi connectivity index (χ2n) is 7.71. The van der Waals surface area contributed by atoms with Gasteiger partial charge in [0.15, 0.2) is 0 Å². The summed E-state index contributed by atoms with van der Waals surface area (Å²) in [5, 5.41) is 9.56. The molecule has 1 N–H and O–H groups in total. The predicted molar refractivity (Wildman–Crippen MR) is 111 cm³/mol. The van der Waals surface area contributed by atoms with Gasteiger partial charge in [0.1, 0.15) is 17.3 Å². The van der Waals surface area contributed by atoms with Crippen molar-refractivity contribution in [1.82, 2.24) is 14.5 Å². The monoisotopic (exact) mass is 401 g/mol. The first kappa shape index (κ1) is 21.2. The Bertz CT molecular complexity index is 818. The Kier molecular flexibility index (Phi) is 6.79. The van der Waals surface area contributed by atoms with Crippen LogP contribution in [-0.2, 0) is 11.2 Å². The van der Waals surface area contributed by atoms with Gasteiger partial charge >= 0.3 is 0 Å². The minimum absolute atomic E-state index is 0.00945. The van der Waals surface area contributed by atoms with Crippen LogP contribution >= 0.6 is 0 Å². The van der Waals surface area contributed by atoms with Gasteiger partial charge in [-0.1, -0.05) is 0 Å². The number of aryl methyl sites for hydroxylation is 1. The van der Waals surface area contributed by atoms with Gasteiger partial charge in [-0.25, -0.2) is 4.98 Å². The van der Waals surface area contributed by atoms with E-state index in [9.17, 15) is 9.90 Å². The van der Waals surface area contributed by atoms with Gasteiger partial charge in [-0.05, 0) is 44.4 Å². The predicted octanol–water partition coefficient (Wildman–Crippen LogP) is 2.71. The van der Waals surface area contributed by atoms with Gasteiger partial charge in [-0.2, -0.15) is 0 Å². The minimum Gasteiger partial charge on any atom is -0.497 e. The summed E-state index contributed by atoms with van der Waals surface area (Å²) in [6.07, 6.45) is 3.95. The molecule has 1 aromatic carbocycles. The third-order valence-electron chi connectivity index (χ3n) is 5.69. The number of amides is 1. The number of aromatic nitrogens is 2. The molecule has 1 aromatic heterocycles. The topological polar surface area (TPSA) is 76.8 Å². The fourth-order valence-electron chi connectivity index (χ4n) is 4.06. The van der Waals surface area contributed by atoms with E-state index in [1.807, 2.05) is 37.1 Å². The molecule has 1 aliphatic heterocycles. The highest BCUT2D eigenvalue weighted by Crippen LogP contribution is 2.30. The minimum atomic E-state index is 0.00945. The van der Waals surface area contributed by atoms with E-state index >= 15 is 0 Å².